The van der Waals surface area contributed by atoms with Gasteiger partial charge in [0.2, 0.25) is 0 Å². The van der Waals surface area contributed by atoms with Gasteiger partial charge in [-0.2, -0.15) is 0 Å². The van der Waals surface area contributed by atoms with Gasteiger partial charge in [0.1, 0.15) is 11.9 Å². The first-order valence-electron chi connectivity index (χ1n) is 8.49. The molecule has 2 aromatic heterocycles. The minimum atomic E-state index is -1.18. The second kappa shape index (κ2) is 7.83. The van der Waals surface area contributed by atoms with Gasteiger partial charge in [0, 0.05) is 47.5 Å². The number of hydrogen-bond acceptors (Lipinski definition) is 5. The minimum Gasteiger partial charge on any atom is -0.550 e. The molecule has 7 nitrogen and oxygen atoms in total. The first-order valence-corrected chi connectivity index (χ1v) is 8.86. The fourth-order valence-electron chi connectivity index (χ4n) is 3.46. The molecule has 3 aromatic rings. The molecule has 28 heavy (non-hydrogen) atoms. The first-order chi connectivity index (χ1) is 12.9. The van der Waals surface area contributed by atoms with E-state index in [4.69, 9.17) is 16.6 Å². The number of carboxylic acids is 1. The summed E-state index contributed by atoms with van der Waals surface area (Å²) in [5, 5.41) is 20.3. The van der Waals surface area contributed by atoms with E-state index in [0.717, 1.165) is 22.5 Å². The third-order valence-corrected chi connectivity index (χ3v) is 5.10. The third-order valence-electron chi connectivity index (χ3n) is 4.85. The third kappa shape index (κ3) is 3.43. The molecule has 0 unspecified atom stereocenters. The molecular weight excluding hydrogens is 389 g/mol. The Hall–Kier alpha value is -1.93. The molecule has 1 aliphatic heterocycles. The van der Waals surface area contributed by atoms with Crippen LogP contribution in [0.2, 0.25) is 5.02 Å². The molecule has 0 spiro atoms. The van der Waals surface area contributed by atoms with Crippen LogP contribution in [-0.2, 0) is 11.8 Å². The van der Waals surface area contributed by atoms with Crippen molar-refractivity contribution in [2.45, 2.75) is 26.3 Å². The van der Waals surface area contributed by atoms with E-state index in [-0.39, 0.29) is 36.0 Å². The molecule has 0 bridgehead atoms. The summed E-state index contributed by atoms with van der Waals surface area (Å²) in [7, 11) is 1.96. The zero-order chi connectivity index (χ0) is 19.3. The van der Waals surface area contributed by atoms with Crippen molar-refractivity contribution in [3.8, 4) is 5.69 Å². The number of halogens is 1. The number of benzene rings is 1. The van der Waals surface area contributed by atoms with Crippen LogP contribution in [0.5, 0.6) is 0 Å². The minimum absolute atomic E-state index is 0. The smallest absolute Gasteiger partial charge is 0.550 e. The average molecular weight is 406 g/mol. The maximum atomic E-state index is 11.4. The van der Waals surface area contributed by atoms with Gasteiger partial charge in [-0.25, -0.2) is 0 Å². The van der Waals surface area contributed by atoms with E-state index in [1.54, 1.807) is 12.1 Å². The summed E-state index contributed by atoms with van der Waals surface area (Å²) < 4.78 is 3.89. The number of carbonyl (C=O) groups excluding carboxylic acids is 1. The quantitative estimate of drug-likeness (QED) is 0.518. The van der Waals surface area contributed by atoms with E-state index in [0.29, 0.717) is 22.4 Å². The number of aliphatic carboxylic acids is 1. The van der Waals surface area contributed by atoms with Crippen LogP contribution >= 0.6 is 11.6 Å². The Bertz CT molecular complexity index is 1080. The number of nitrogens with zero attached hydrogens (tertiary/aromatic N) is 5. The Morgan fingerprint density at radius 3 is 2.54 bits per heavy atom. The van der Waals surface area contributed by atoms with Crippen LogP contribution in [0, 0.1) is 13.8 Å². The van der Waals surface area contributed by atoms with E-state index >= 15 is 0 Å². The zero-order valence-corrected chi connectivity index (χ0v) is 18.9. The van der Waals surface area contributed by atoms with Crippen LogP contribution in [-0.4, -0.2) is 31.0 Å². The maximum absolute atomic E-state index is 11.4. The average Bonchev–Trinajstić information content (AvgIpc) is 3.08. The second-order valence-corrected chi connectivity index (χ2v) is 7.04. The standard InChI is InChI=1S/C19H18ClN5O2.Na/c1-10-17-15(9-24(10)3)25-11(2)22-23-19(25)14(8-16(26)27)21-18(17)12-4-6-13(20)7-5-12;/h4-7,9,14H,8H2,1-3H3,(H,26,27);/q;+1/p-1/t14-;/m0./s1. The summed E-state index contributed by atoms with van der Waals surface area (Å²) in [4.78, 5) is 16.2. The predicted octanol–water partition coefficient (Wildman–Crippen LogP) is -1.09. The summed E-state index contributed by atoms with van der Waals surface area (Å²) in [5.74, 6) is -0.0180. The Balaban J connectivity index is 0.00000225. The van der Waals surface area contributed by atoms with E-state index in [1.165, 1.54) is 0 Å². The predicted molar refractivity (Wildman–Crippen MR) is 99.3 cm³/mol. The normalized spacial score (nSPS) is 15.1. The monoisotopic (exact) mass is 405 g/mol. The topological polar surface area (TPSA) is 88.1 Å². The second-order valence-electron chi connectivity index (χ2n) is 6.60. The van der Waals surface area contributed by atoms with Crippen molar-refractivity contribution in [3.63, 3.8) is 0 Å². The van der Waals surface area contributed by atoms with Crippen LogP contribution in [0.15, 0.2) is 35.5 Å². The molecular formula is C19H17ClN5NaO2. The Kier molecular flexibility index (Phi) is 5.82. The molecule has 0 radical (unpaired) electrons. The van der Waals surface area contributed by atoms with Gasteiger partial charge in [0.15, 0.2) is 5.82 Å². The molecule has 4 rings (SSSR count). The number of carbonyl (C=O) groups is 1. The van der Waals surface area contributed by atoms with Gasteiger partial charge in [-0.05, 0) is 26.0 Å². The van der Waals surface area contributed by atoms with Crippen LogP contribution in [0.3, 0.4) is 0 Å². The van der Waals surface area contributed by atoms with Crippen molar-refractivity contribution in [2.75, 3.05) is 0 Å². The molecule has 0 fully saturated rings. The molecule has 0 N–H and O–H groups in total. The molecule has 0 amide bonds. The molecule has 0 saturated heterocycles. The van der Waals surface area contributed by atoms with E-state index < -0.39 is 12.0 Å². The van der Waals surface area contributed by atoms with Gasteiger partial charge in [0.25, 0.3) is 0 Å². The van der Waals surface area contributed by atoms with Crippen LogP contribution in [0.1, 0.15) is 40.9 Å². The number of rotatable bonds is 3. The molecule has 3 heterocycles. The van der Waals surface area contributed by atoms with Gasteiger partial charge in [-0.3, -0.25) is 9.56 Å². The Morgan fingerprint density at radius 2 is 1.89 bits per heavy atom. The van der Waals surface area contributed by atoms with Gasteiger partial charge >= 0.3 is 29.6 Å². The summed E-state index contributed by atoms with van der Waals surface area (Å²) in [5.41, 5.74) is 4.37. The van der Waals surface area contributed by atoms with Crippen molar-refractivity contribution >= 4 is 23.3 Å². The van der Waals surface area contributed by atoms with Crippen LogP contribution < -0.4 is 34.7 Å². The maximum Gasteiger partial charge on any atom is 1.00 e. The van der Waals surface area contributed by atoms with Crippen molar-refractivity contribution < 1.29 is 39.5 Å². The molecule has 138 valence electrons. The molecule has 0 saturated carbocycles. The van der Waals surface area contributed by atoms with Gasteiger partial charge in [-0.15, -0.1) is 10.2 Å². The van der Waals surface area contributed by atoms with Crippen molar-refractivity contribution in [1.29, 1.82) is 0 Å². The zero-order valence-electron chi connectivity index (χ0n) is 16.1. The number of hydrogen-bond donors (Lipinski definition) is 0. The summed E-state index contributed by atoms with van der Waals surface area (Å²) in [6.45, 7) is 3.84. The van der Waals surface area contributed by atoms with Crippen molar-refractivity contribution in [2.24, 2.45) is 12.0 Å². The molecule has 1 aromatic carbocycles. The van der Waals surface area contributed by atoms with E-state index in [2.05, 4.69) is 10.2 Å². The van der Waals surface area contributed by atoms with Gasteiger partial charge < -0.3 is 14.5 Å². The van der Waals surface area contributed by atoms with Gasteiger partial charge in [-0.1, -0.05) is 23.7 Å². The largest absolute Gasteiger partial charge is 1.00 e. The number of aliphatic imine (C=N–C) groups is 1. The molecule has 1 aliphatic rings. The van der Waals surface area contributed by atoms with E-state index in [1.807, 2.05) is 48.4 Å². The van der Waals surface area contributed by atoms with Gasteiger partial charge in [0.05, 0.1) is 11.4 Å². The number of fused-ring (bicyclic) bond motifs is 3. The SMILES string of the molecule is Cc1c2c(cn1C)-n1c(C)nnc1[C@H](CC(=O)[O-])N=C2c1ccc(Cl)cc1.[Na+]. The fraction of sp³-hybridized carbons (Fsp3) is 0.263. The molecule has 1 atom stereocenters. The number of aryl methyl sites for hydroxylation is 2. The summed E-state index contributed by atoms with van der Waals surface area (Å²) in [6.07, 6.45) is 1.71. The van der Waals surface area contributed by atoms with Crippen LogP contribution in [0.25, 0.3) is 5.69 Å². The first kappa shape index (κ1) is 20.8. The Morgan fingerprint density at radius 1 is 1.21 bits per heavy atom. The fourth-order valence-corrected chi connectivity index (χ4v) is 3.59. The summed E-state index contributed by atoms with van der Waals surface area (Å²) >= 11 is 6.04. The summed E-state index contributed by atoms with van der Waals surface area (Å²) in [6, 6.07) is 6.65. The number of aromatic nitrogens is 4. The number of carboxylic acid groups (broad SMARTS) is 1. The van der Waals surface area contributed by atoms with Crippen molar-refractivity contribution in [3.05, 3.63) is 64.0 Å². The van der Waals surface area contributed by atoms with E-state index in [9.17, 15) is 9.90 Å². The molecule has 0 aliphatic carbocycles. The molecule has 9 heteroatoms. The van der Waals surface area contributed by atoms with Crippen molar-refractivity contribution in [1.82, 2.24) is 19.3 Å². The van der Waals surface area contributed by atoms with Crippen LogP contribution in [0.4, 0.5) is 0 Å². The Labute approximate surface area is 189 Å².